The van der Waals surface area contributed by atoms with Crippen LogP contribution < -0.4 is 15.2 Å². The van der Waals surface area contributed by atoms with Crippen LogP contribution in [0.25, 0.3) is 0 Å². The highest BCUT2D eigenvalue weighted by atomic mass is 32.2. The minimum atomic E-state index is -3.57. The second-order valence-corrected chi connectivity index (χ2v) is 7.99. The maximum atomic E-state index is 12.5. The summed E-state index contributed by atoms with van der Waals surface area (Å²) in [6, 6.07) is 4.64. The largest absolute Gasteiger partial charge is 0.491 e. The molecule has 5 nitrogen and oxygen atoms in total. The van der Waals surface area contributed by atoms with Gasteiger partial charge < -0.3 is 10.5 Å². The molecule has 126 valence electrons. The predicted octanol–water partition coefficient (Wildman–Crippen LogP) is 2.43. The average Bonchev–Trinajstić information content (AvgIpc) is 2.38. The van der Waals surface area contributed by atoms with Gasteiger partial charge in [-0.3, -0.25) is 0 Å². The van der Waals surface area contributed by atoms with E-state index < -0.39 is 10.0 Å². The van der Waals surface area contributed by atoms with Gasteiger partial charge in [-0.25, -0.2) is 13.1 Å². The number of hydrogen-bond acceptors (Lipinski definition) is 4. The van der Waals surface area contributed by atoms with Crippen molar-refractivity contribution in [1.82, 2.24) is 4.72 Å². The van der Waals surface area contributed by atoms with Gasteiger partial charge in [-0.05, 0) is 56.9 Å². The lowest BCUT2D eigenvalue weighted by molar-refractivity contribution is 0.240. The van der Waals surface area contributed by atoms with E-state index >= 15 is 0 Å². The Labute approximate surface area is 134 Å². The highest BCUT2D eigenvalue weighted by Crippen LogP contribution is 2.23. The van der Waals surface area contributed by atoms with Gasteiger partial charge >= 0.3 is 0 Å². The molecule has 1 unspecified atom stereocenters. The highest BCUT2D eigenvalue weighted by Gasteiger charge is 2.21. The van der Waals surface area contributed by atoms with Crippen LogP contribution in [0.15, 0.2) is 23.1 Å². The van der Waals surface area contributed by atoms with E-state index in [0.29, 0.717) is 18.1 Å². The fraction of sp³-hybridized carbons (Fsp3) is 0.625. The molecule has 1 rings (SSSR count). The molecule has 3 N–H and O–H groups in total. The summed E-state index contributed by atoms with van der Waals surface area (Å²) in [4.78, 5) is 0.239. The van der Waals surface area contributed by atoms with Gasteiger partial charge in [0.25, 0.3) is 0 Å². The van der Waals surface area contributed by atoms with Gasteiger partial charge in [-0.15, -0.1) is 0 Å². The lowest BCUT2D eigenvalue weighted by Crippen LogP contribution is -2.40. The number of rotatable bonds is 8. The Kier molecular flexibility index (Phi) is 6.84. The Hall–Kier alpha value is -1.11. The van der Waals surface area contributed by atoms with Gasteiger partial charge in [0.1, 0.15) is 5.75 Å². The Morgan fingerprint density at radius 2 is 1.86 bits per heavy atom. The molecule has 0 aliphatic carbocycles. The molecule has 0 bridgehead atoms. The SMILES string of the molecule is Cc1cc(S(=O)(=O)NC(CN)CC(C)C)ccc1OC(C)C. The highest BCUT2D eigenvalue weighted by molar-refractivity contribution is 7.89. The standard InChI is InChI=1S/C16H28N2O3S/c1-11(2)8-14(10-17)18-22(19,20)15-6-7-16(13(5)9-15)21-12(3)4/h6-7,9,11-12,14,18H,8,10,17H2,1-5H3. The lowest BCUT2D eigenvalue weighted by Gasteiger charge is -2.19. The molecule has 22 heavy (non-hydrogen) atoms. The van der Waals surface area contributed by atoms with Crippen molar-refractivity contribution in [3.05, 3.63) is 23.8 Å². The van der Waals surface area contributed by atoms with E-state index in [0.717, 1.165) is 5.56 Å². The molecule has 0 aliphatic heterocycles. The van der Waals surface area contributed by atoms with Crippen molar-refractivity contribution in [3.8, 4) is 5.75 Å². The summed E-state index contributed by atoms with van der Waals surface area (Å²) in [5.74, 6) is 1.08. The molecule has 0 aromatic heterocycles. The quantitative estimate of drug-likeness (QED) is 0.768. The van der Waals surface area contributed by atoms with Gasteiger partial charge in [0.2, 0.25) is 10.0 Å². The molecule has 0 spiro atoms. The van der Waals surface area contributed by atoms with Crippen LogP contribution in [0.4, 0.5) is 0 Å². The van der Waals surface area contributed by atoms with Crippen LogP contribution in [0, 0.1) is 12.8 Å². The summed E-state index contributed by atoms with van der Waals surface area (Å²) in [5.41, 5.74) is 6.46. The Morgan fingerprint density at radius 3 is 2.32 bits per heavy atom. The third-order valence-corrected chi connectivity index (χ3v) is 4.70. The fourth-order valence-electron chi connectivity index (χ4n) is 2.22. The summed E-state index contributed by atoms with van der Waals surface area (Å²) >= 11 is 0. The molecular weight excluding hydrogens is 300 g/mol. The Balaban J connectivity index is 2.95. The second kappa shape index (κ2) is 7.94. The van der Waals surface area contributed by atoms with Crippen molar-refractivity contribution in [1.29, 1.82) is 0 Å². The maximum Gasteiger partial charge on any atom is 0.240 e. The van der Waals surface area contributed by atoms with E-state index in [2.05, 4.69) is 4.72 Å². The van der Waals surface area contributed by atoms with Crippen molar-refractivity contribution >= 4 is 10.0 Å². The van der Waals surface area contributed by atoms with E-state index in [1.807, 2.05) is 34.6 Å². The number of sulfonamides is 1. The summed E-state index contributed by atoms with van der Waals surface area (Å²) in [5, 5.41) is 0. The van der Waals surface area contributed by atoms with Gasteiger partial charge in [0.15, 0.2) is 0 Å². The number of nitrogens with one attached hydrogen (secondary N) is 1. The van der Waals surface area contributed by atoms with Gasteiger partial charge in [-0.1, -0.05) is 13.8 Å². The van der Waals surface area contributed by atoms with E-state index in [1.165, 1.54) is 0 Å². The molecule has 1 aromatic rings. The summed E-state index contributed by atoms with van der Waals surface area (Å²) in [7, 11) is -3.57. The first-order valence-corrected chi connectivity index (χ1v) is 9.13. The zero-order valence-corrected chi connectivity index (χ0v) is 14.9. The summed E-state index contributed by atoms with van der Waals surface area (Å²) in [6.07, 6.45) is 0.760. The lowest BCUT2D eigenvalue weighted by atomic mass is 10.1. The van der Waals surface area contributed by atoms with Crippen molar-refractivity contribution in [2.75, 3.05) is 6.54 Å². The zero-order valence-electron chi connectivity index (χ0n) is 14.1. The molecule has 0 aliphatic rings. The number of hydrogen-bond donors (Lipinski definition) is 2. The summed E-state index contributed by atoms with van der Waals surface area (Å²) < 4.78 is 33.2. The molecule has 0 amide bonds. The first-order valence-electron chi connectivity index (χ1n) is 7.65. The topological polar surface area (TPSA) is 81.4 Å². The molecule has 0 heterocycles. The fourth-order valence-corrected chi connectivity index (χ4v) is 3.57. The number of aryl methyl sites for hydroxylation is 1. The third-order valence-electron chi connectivity index (χ3n) is 3.18. The van der Waals surface area contributed by atoms with Gasteiger partial charge in [0, 0.05) is 12.6 Å². The van der Waals surface area contributed by atoms with E-state index in [9.17, 15) is 8.42 Å². The smallest absolute Gasteiger partial charge is 0.240 e. The van der Waals surface area contributed by atoms with Crippen molar-refractivity contribution in [2.24, 2.45) is 11.7 Å². The monoisotopic (exact) mass is 328 g/mol. The third kappa shape index (κ3) is 5.59. The first-order chi connectivity index (χ1) is 10.2. The van der Waals surface area contributed by atoms with Crippen molar-refractivity contribution < 1.29 is 13.2 Å². The van der Waals surface area contributed by atoms with Crippen LogP contribution in [-0.2, 0) is 10.0 Å². The molecule has 1 atom stereocenters. The van der Waals surface area contributed by atoms with Gasteiger partial charge in [0.05, 0.1) is 11.0 Å². The second-order valence-electron chi connectivity index (χ2n) is 6.28. The van der Waals surface area contributed by atoms with Gasteiger partial charge in [-0.2, -0.15) is 0 Å². The number of ether oxygens (including phenoxy) is 1. The molecule has 0 saturated carbocycles. The van der Waals surface area contributed by atoms with Crippen molar-refractivity contribution in [3.63, 3.8) is 0 Å². The minimum Gasteiger partial charge on any atom is -0.491 e. The van der Waals surface area contributed by atoms with Crippen LogP contribution in [0.1, 0.15) is 39.7 Å². The van der Waals surface area contributed by atoms with Crippen LogP contribution in [0.3, 0.4) is 0 Å². The van der Waals surface area contributed by atoms with Crippen LogP contribution in [-0.4, -0.2) is 27.1 Å². The Morgan fingerprint density at radius 1 is 1.23 bits per heavy atom. The van der Waals surface area contributed by atoms with Crippen molar-refractivity contribution in [2.45, 2.75) is 58.1 Å². The zero-order chi connectivity index (χ0) is 16.9. The molecule has 0 fully saturated rings. The van der Waals surface area contributed by atoms with Crippen LogP contribution in [0.5, 0.6) is 5.75 Å². The maximum absolute atomic E-state index is 12.5. The number of nitrogens with two attached hydrogens (primary N) is 1. The van der Waals surface area contributed by atoms with Crippen LogP contribution in [0.2, 0.25) is 0 Å². The minimum absolute atomic E-state index is 0.0481. The summed E-state index contributed by atoms with van der Waals surface area (Å²) in [6.45, 7) is 10.1. The molecule has 0 saturated heterocycles. The van der Waals surface area contributed by atoms with E-state index in [4.69, 9.17) is 10.5 Å². The average molecular weight is 328 g/mol. The Bertz CT molecular complexity index is 583. The normalized spacial score (nSPS) is 13.6. The van der Waals surface area contributed by atoms with Crippen LogP contribution >= 0.6 is 0 Å². The first kappa shape index (κ1) is 18.9. The molecule has 1 aromatic carbocycles. The van der Waals surface area contributed by atoms with E-state index in [1.54, 1.807) is 18.2 Å². The molecule has 6 heteroatoms. The number of benzene rings is 1. The predicted molar refractivity (Wildman–Crippen MR) is 89.6 cm³/mol. The molecular formula is C16H28N2O3S. The molecule has 0 radical (unpaired) electrons. The van der Waals surface area contributed by atoms with E-state index in [-0.39, 0.29) is 23.6 Å².